The van der Waals surface area contributed by atoms with Crippen molar-refractivity contribution in [3.63, 3.8) is 0 Å². The van der Waals surface area contributed by atoms with Gasteiger partial charge in [0.1, 0.15) is 17.3 Å². The van der Waals surface area contributed by atoms with Crippen LogP contribution in [0.4, 0.5) is 4.39 Å². The van der Waals surface area contributed by atoms with Gasteiger partial charge in [0.15, 0.2) is 17.8 Å². The first kappa shape index (κ1) is 18.4. The van der Waals surface area contributed by atoms with Crippen LogP contribution >= 0.6 is 0 Å². The number of methoxy groups -OCH3 is 2. The molecular formula is C20H19FN2O4. The van der Waals surface area contributed by atoms with Gasteiger partial charge in [-0.3, -0.25) is 4.79 Å². The smallest absolute Gasteiger partial charge is 0.273 e. The molecule has 0 saturated carbocycles. The average Bonchev–Trinajstić information content (AvgIpc) is 3.18. The van der Waals surface area contributed by atoms with Crippen LogP contribution in [-0.2, 0) is 6.42 Å². The minimum absolute atomic E-state index is 0.109. The Hall–Kier alpha value is -3.35. The fourth-order valence-corrected chi connectivity index (χ4v) is 2.71. The molecule has 1 heterocycles. The Morgan fingerprint density at radius 1 is 1.19 bits per heavy atom. The zero-order valence-electron chi connectivity index (χ0n) is 15.0. The number of nitrogens with one attached hydrogen (secondary N) is 1. The maximum Gasteiger partial charge on any atom is 0.273 e. The van der Waals surface area contributed by atoms with Crippen molar-refractivity contribution in [2.24, 2.45) is 0 Å². The molecule has 3 rings (SSSR count). The van der Waals surface area contributed by atoms with Gasteiger partial charge in [-0.2, -0.15) is 0 Å². The molecule has 0 aliphatic rings. The Kier molecular flexibility index (Phi) is 5.71. The van der Waals surface area contributed by atoms with Crippen molar-refractivity contribution in [1.29, 1.82) is 0 Å². The summed E-state index contributed by atoms with van der Waals surface area (Å²) in [4.78, 5) is 16.4. The molecule has 6 nitrogen and oxygen atoms in total. The highest BCUT2D eigenvalue weighted by molar-refractivity contribution is 5.97. The van der Waals surface area contributed by atoms with Crippen LogP contribution in [0.2, 0.25) is 0 Å². The fourth-order valence-electron chi connectivity index (χ4n) is 2.71. The van der Waals surface area contributed by atoms with Crippen LogP contribution < -0.4 is 14.8 Å². The van der Waals surface area contributed by atoms with Crippen molar-refractivity contribution in [1.82, 2.24) is 10.3 Å². The number of amides is 1. The molecule has 0 unspecified atom stereocenters. The number of halogens is 1. The topological polar surface area (TPSA) is 73.6 Å². The van der Waals surface area contributed by atoms with Crippen LogP contribution in [0.25, 0.3) is 11.3 Å². The predicted molar refractivity (Wildman–Crippen MR) is 97.5 cm³/mol. The third-order valence-corrected chi connectivity index (χ3v) is 4.04. The van der Waals surface area contributed by atoms with E-state index < -0.39 is 11.7 Å². The van der Waals surface area contributed by atoms with E-state index in [1.54, 1.807) is 26.4 Å². The largest absolute Gasteiger partial charge is 0.497 e. The van der Waals surface area contributed by atoms with E-state index in [1.165, 1.54) is 18.5 Å². The zero-order chi connectivity index (χ0) is 19.2. The van der Waals surface area contributed by atoms with Crippen molar-refractivity contribution in [3.8, 4) is 22.8 Å². The first-order valence-electron chi connectivity index (χ1n) is 8.31. The lowest BCUT2D eigenvalue weighted by Crippen LogP contribution is -2.26. The molecule has 1 amide bonds. The molecule has 2 aromatic carbocycles. The monoisotopic (exact) mass is 370 g/mol. The number of hydrogen-bond acceptors (Lipinski definition) is 5. The van der Waals surface area contributed by atoms with E-state index >= 15 is 0 Å². The normalized spacial score (nSPS) is 10.5. The zero-order valence-corrected chi connectivity index (χ0v) is 15.0. The maximum absolute atomic E-state index is 13.4. The minimum Gasteiger partial charge on any atom is -0.497 e. The van der Waals surface area contributed by atoms with E-state index in [4.69, 9.17) is 13.9 Å². The molecule has 0 radical (unpaired) electrons. The lowest BCUT2D eigenvalue weighted by atomic mass is 10.1. The Labute approximate surface area is 155 Å². The molecule has 1 aromatic heterocycles. The van der Waals surface area contributed by atoms with Gasteiger partial charge in [-0.05, 0) is 42.3 Å². The second-order valence-corrected chi connectivity index (χ2v) is 5.72. The second-order valence-electron chi connectivity index (χ2n) is 5.72. The third kappa shape index (κ3) is 4.25. The van der Waals surface area contributed by atoms with Crippen LogP contribution in [0.15, 0.2) is 53.3 Å². The Morgan fingerprint density at radius 2 is 2.04 bits per heavy atom. The van der Waals surface area contributed by atoms with E-state index in [2.05, 4.69) is 10.3 Å². The standard InChI is InChI=1S/C20H19FN2O4/c1-25-16-6-7-17(26-2)13(11-16)8-9-22-20(24)18-19(27-12-23-18)14-4-3-5-15(21)10-14/h3-7,10-12H,8-9H2,1-2H3,(H,22,24). The van der Waals surface area contributed by atoms with Crippen LogP contribution in [0, 0.1) is 5.82 Å². The summed E-state index contributed by atoms with van der Waals surface area (Å²) in [6.07, 6.45) is 1.71. The molecule has 0 atom stereocenters. The summed E-state index contributed by atoms with van der Waals surface area (Å²) >= 11 is 0. The van der Waals surface area contributed by atoms with Gasteiger partial charge in [0, 0.05) is 12.1 Å². The van der Waals surface area contributed by atoms with E-state index in [0.717, 1.165) is 5.56 Å². The summed E-state index contributed by atoms with van der Waals surface area (Å²) in [5, 5.41) is 2.80. The highest BCUT2D eigenvalue weighted by atomic mass is 19.1. The summed E-state index contributed by atoms with van der Waals surface area (Å²) in [5.74, 6) is 0.838. The maximum atomic E-state index is 13.4. The van der Waals surface area contributed by atoms with Gasteiger partial charge in [-0.15, -0.1) is 0 Å². The van der Waals surface area contributed by atoms with Gasteiger partial charge in [-0.25, -0.2) is 9.37 Å². The van der Waals surface area contributed by atoms with Crippen LogP contribution in [0.3, 0.4) is 0 Å². The number of nitrogens with zero attached hydrogens (tertiary/aromatic N) is 1. The van der Waals surface area contributed by atoms with E-state index in [-0.39, 0.29) is 11.5 Å². The van der Waals surface area contributed by atoms with E-state index in [0.29, 0.717) is 30.0 Å². The Morgan fingerprint density at radius 3 is 2.78 bits per heavy atom. The minimum atomic E-state index is -0.416. The van der Waals surface area contributed by atoms with Gasteiger partial charge in [0.25, 0.3) is 5.91 Å². The highest BCUT2D eigenvalue weighted by Crippen LogP contribution is 2.25. The molecule has 0 aliphatic heterocycles. The quantitative estimate of drug-likeness (QED) is 0.689. The van der Waals surface area contributed by atoms with Crippen molar-refractivity contribution >= 4 is 5.91 Å². The third-order valence-electron chi connectivity index (χ3n) is 4.04. The van der Waals surface area contributed by atoms with Gasteiger partial charge in [0.2, 0.25) is 0 Å². The number of benzene rings is 2. The van der Waals surface area contributed by atoms with Crippen molar-refractivity contribution in [2.75, 3.05) is 20.8 Å². The summed E-state index contributed by atoms with van der Waals surface area (Å²) in [6, 6.07) is 11.3. The molecule has 0 saturated heterocycles. The number of ether oxygens (including phenoxy) is 2. The summed E-state index contributed by atoms with van der Waals surface area (Å²) in [7, 11) is 3.18. The van der Waals surface area contributed by atoms with Crippen molar-refractivity contribution in [2.45, 2.75) is 6.42 Å². The molecule has 27 heavy (non-hydrogen) atoms. The van der Waals surface area contributed by atoms with Crippen molar-refractivity contribution < 1.29 is 23.1 Å². The van der Waals surface area contributed by atoms with Crippen LogP contribution in [0.1, 0.15) is 16.1 Å². The molecule has 1 N–H and O–H groups in total. The van der Waals surface area contributed by atoms with E-state index in [1.807, 2.05) is 18.2 Å². The number of carbonyl (C=O) groups is 1. The number of aromatic nitrogens is 1. The molecule has 0 bridgehead atoms. The first-order chi connectivity index (χ1) is 13.1. The van der Waals surface area contributed by atoms with Gasteiger partial charge < -0.3 is 19.2 Å². The van der Waals surface area contributed by atoms with Gasteiger partial charge in [0.05, 0.1) is 14.2 Å². The van der Waals surface area contributed by atoms with Gasteiger partial charge in [-0.1, -0.05) is 12.1 Å². The SMILES string of the molecule is COc1ccc(OC)c(CCNC(=O)c2ncoc2-c2cccc(F)c2)c1. The number of oxazole rings is 1. The summed E-state index contributed by atoms with van der Waals surface area (Å²) < 4.78 is 29.3. The Bertz CT molecular complexity index is 939. The van der Waals surface area contributed by atoms with Gasteiger partial charge >= 0.3 is 0 Å². The number of hydrogen-bond donors (Lipinski definition) is 1. The first-order valence-corrected chi connectivity index (χ1v) is 8.31. The second kappa shape index (κ2) is 8.35. The summed E-state index contributed by atoms with van der Waals surface area (Å²) in [6.45, 7) is 0.359. The molecule has 140 valence electrons. The van der Waals surface area contributed by atoms with Crippen molar-refractivity contribution in [3.05, 3.63) is 65.9 Å². The molecule has 3 aromatic rings. The molecule has 0 fully saturated rings. The predicted octanol–water partition coefficient (Wildman–Crippen LogP) is 3.47. The number of rotatable bonds is 7. The molecule has 0 aliphatic carbocycles. The Balaban J connectivity index is 1.69. The van der Waals surface area contributed by atoms with E-state index in [9.17, 15) is 9.18 Å². The summed E-state index contributed by atoms with van der Waals surface area (Å²) in [5.41, 5.74) is 1.47. The molecule has 7 heteroatoms. The van der Waals surface area contributed by atoms with Crippen LogP contribution in [0.5, 0.6) is 11.5 Å². The number of carbonyl (C=O) groups excluding carboxylic acids is 1. The lowest BCUT2D eigenvalue weighted by Gasteiger charge is -2.11. The highest BCUT2D eigenvalue weighted by Gasteiger charge is 2.18. The fraction of sp³-hybridized carbons (Fsp3) is 0.200. The molecule has 0 spiro atoms. The average molecular weight is 370 g/mol. The lowest BCUT2D eigenvalue weighted by molar-refractivity contribution is 0.0950. The molecular weight excluding hydrogens is 351 g/mol. The van der Waals surface area contributed by atoms with Crippen LogP contribution in [-0.4, -0.2) is 31.7 Å².